The lowest BCUT2D eigenvalue weighted by Crippen LogP contribution is -2.05. The van der Waals surface area contributed by atoms with Gasteiger partial charge in [-0.15, -0.1) is 0 Å². The average Bonchev–Trinajstić information content (AvgIpc) is 2.83. The fourth-order valence-corrected chi connectivity index (χ4v) is 3.17. The Morgan fingerprint density at radius 1 is 0.606 bits per heavy atom. The molecule has 0 aliphatic heterocycles. The summed E-state index contributed by atoms with van der Waals surface area (Å²) in [6.45, 7) is 6.80. The Bertz CT molecular complexity index is 1310. The number of ether oxygens (including phenoxy) is 2. The number of nitrogens with zero attached hydrogens (tertiary/aromatic N) is 1. The lowest BCUT2D eigenvalue weighted by atomic mass is 10.0. The van der Waals surface area contributed by atoms with Gasteiger partial charge < -0.3 is 9.47 Å². The molecule has 0 unspecified atom stereocenters. The Balaban J connectivity index is 1.38. The number of rotatable bonds is 6. The molecule has 0 aromatic heterocycles. The number of benzene rings is 4. The van der Waals surface area contributed by atoms with Crippen molar-refractivity contribution in [2.24, 2.45) is 0 Å². The van der Waals surface area contributed by atoms with E-state index in [0.29, 0.717) is 11.4 Å². The van der Waals surface area contributed by atoms with Gasteiger partial charge in [0.15, 0.2) is 23.1 Å². The van der Waals surface area contributed by atoms with Gasteiger partial charge in [-0.2, -0.15) is 0 Å². The molecule has 0 saturated heterocycles. The monoisotopic (exact) mass is 449 g/mol. The van der Waals surface area contributed by atoms with Gasteiger partial charge in [-0.25, -0.2) is 22.4 Å². The molecular formula is C26H15F4NO2. The van der Waals surface area contributed by atoms with E-state index in [9.17, 15) is 17.6 Å². The van der Waals surface area contributed by atoms with Crippen LogP contribution < -0.4 is 9.47 Å². The summed E-state index contributed by atoms with van der Waals surface area (Å²) in [6.07, 6.45) is 0. The lowest BCUT2D eigenvalue weighted by molar-refractivity contribution is 0.119. The van der Waals surface area contributed by atoms with Gasteiger partial charge in [0.2, 0.25) is 6.79 Å². The summed E-state index contributed by atoms with van der Waals surface area (Å²) in [4.78, 5) is 3.36. The predicted octanol–water partition coefficient (Wildman–Crippen LogP) is 7.54. The fraction of sp³-hybridized carbons (Fsp3) is 0.0385. The van der Waals surface area contributed by atoms with Crippen molar-refractivity contribution >= 4 is 5.69 Å². The Morgan fingerprint density at radius 2 is 1.15 bits per heavy atom. The van der Waals surface area contributed by atoms with Gasteiger partial charge in [-0.1, -0.05) is 36.4 Å². The molecular weight excluding hydrogens is 434 g/mol. The highest BCUT2D eigenvalue weighted by atomic mass is 19.2. The minimum absolute atomic E-state index is 0.0962. The largest absolute Gasteiger partial charge is 0.458 e. The summed E-state index contributed by atoms with van der Waals surface area (Å²) >= 11 is 0. The molecule has 7 heteroatoms. The van der Waals surface area contributed by atoms with Crippen LogP contribution in [0.25, 0.3) is 27.1 Å². The molecule has 3 nitrogen and oxygen atoms in total. The van der Waals surface area contributed by atoms with Gasteiger partial charge in [-0.05, 0) is 53.1 Å². The SMILES string of the molecule is [C-]#[N+]c1ccc(-c2ccc(OCOc3ccc(-c4cc(F)c(F)c(F)c4)c(F)c3)cc2)cc1. The van der Waals surface area contributed by atoms with Gasteiger partial charge >= 0.3 is 0 Å². The number of hydrogen-bond acceptors (Lipinski definition) is 2. The number of halogens is 4. The first-order valence-corrected chi connectivity index (χ1v) is 9.72. The van der Waals surface area contributed by atoms with E-state index in [-0.39, 0.29) is 23.7 Å². The summed E-state index contributed by atoms with van der Waals surface area (Å²) in [6, 6.07) is 19.6. The third kappa shape index (κ3) is 4.96. The molecule has 0 radical (unpaired) electrons. The van der Waals surface area contributed by atoms with Crippen molar-refractivity contribution in [2.45, 2.75) is 0 Å². The smallest absolute Gasteiger partial charge is 0.230 e. The third-order valence-corrected chi connectivity index (χ3v) is 4.87. The molecule has 0 aliphatic rings. The molecule has 0 saturated carbocycles. The van der Waals surface area contributed by atoms with E-state index in [2.05, 4.69) is 4.85 Å². The zero-order valence-corrected chi connectivity index (χ0v) is 17.0. The molecule has 4 aromatic carbocycles. The van der Waals surface area contributed by atoms with Crippen molar-refractivity contribution in [3.8, 4) is 33.8 Å². The molecule has 0 bridgehead atoms. The van der Waals surface area contributed by atoms with Gasteiger partial charge in [0.25, 0.3) is 0 Å². The molecule has 0 N–H and O–H groups in total. The van der Waals surface area contributed by atoms with Crippen molar-refractivity contribution in [1.82, 2.24) is 0 Å². The molecule has 0 atom stereocenters. The second-order valence-corrected chi connectivity index (χ2v) is 6.99. The van der Waals surface area contributed by atoms with E-state index in [1.165, 1.54) is 12.1 Å². The van der Waals surface area contributed by atoms with Crippen molar-refractivity contribution in [3.05, 3.63) is 114 Å². The molecule has 4 aromatic rings. The average molecular weight is 449 g/mol. The first-order valence-electron chi connectivity index (χ1n) is 9.72. The van der Waals surface area contributed by atoms with E-state index in [1.807, 2.05) is 24.3 Å². The van der Waals surface area contributed by atoms with Crippen LogP contribution in [0.1, 0.15) is 0 Å². The summed E-state index contributed by atoms with van der Waals surface area (Å²) in [7, 11) is 0. The van der Waals surface area contributed by atoms with E-state index < -0.39 is 23.3 Å². The van der Waals surface area contributed by atoms with Crippen LogP contribution in [0.2, 0.25) is 0 Å². The van der Waals surface area contributed by atoms with Crippen LogP contribution in [-0.2, 0) is 0 Å². The van der Waals surface area contributed by atoms with Gasteiger partial charge in [0.05, 0.1) is 6.57 Å². The van der Waals surface area contributed by atoms with Crippen molar-refractivity contribution in [2.75, 3.05) is 6.79 Å². The van der Waals surface area contributed by atoms with E-state index in [1.54, 1.807) is 24.3 Å². The Kier molecular flexibility index (Phi) is 6.27. The first-order chi connectivity index (χ1) is 15.9. The van der Waals surface area contributed by atoms with E-state index in [4.69, 9.17) is 16.0 Å². The normalized spacial score (nSPS) is 10.5. The van der Waals surface area contributed by atoms with Crippen LogP contribution >= 0.6 is 0 Å². The maximum absolute atomic E-state index is 14.4. The quantitative estimate of drug-likeness (QED) is 0.131. The van der Waals surface area contributed by atoms with Crippen molar-refractivity contribution in [1.29, 1.82) is 0 Å². The summed E-state index contributed by atoms with van der Waals surface area (Å²) in [5.41, 5.74) is 2.25. The number of hydrogen-bond donors (Lipinski definition) is 0. The minimum atomic E-state index is -1.61. The Morgan fingerprint density at radius 3 is 1.73 bits per heavy atom. The topological polar surface area (TPSA) is 22.8 Å². The van der Waals surface area contributed by atoms with Gasteiger partial charge in [0.1, 0.15) is 17.3 Å². The molecule has 0 aliphatic carbocycles. The third-order valence-electron chi connectivity index (χ3n) is 4.87. The maximum Gasteiger partial charge on any atom is 0.230 e. The van der Waals surface area contributed by atoms with Crippen molar-refractivity contribution < 1.29 is 27.0 Å². The van der Waals surface area contributed by atoms with Crippen LogP contribution in [0.5, 0.6) is 11.5 Å². The Labute approximate surface area is 187 Å². The molecule has 0 fully saturated rings. The van der Waals surface area contributed by atoms with E-state index in [0.717, 1.165) is 29.3 Å². The van der Waals surface area contributed by atoms with Crippen LogP contribution in [-0.4, -0.2) is 6.79 Å². The maximum atomic E-state index is 14.4. The fourth-order valence-electron chi connectivity index (χ4n) is 3.17. The second kappa shape index (κ2) is 9.45. The highest BCUT2D eigenvalue weighted by molar-refractivity contribution is 5.67. The van der Waals surface area contributed by atoms with Crippen LogP contribution in [0.4, 0.5) is 23.2 Å². The predicted molar refractivity (Wildman–Crippen MR) is 116 cm³/mol. The minimum Gasteiger partial charge on any atom is -0.458 e. The second-order valence-electron chi connectivity index (χ2n) is 6.99. The summed E-state index contributed by atoms with van der Waals surface area (Å²) < 4.78 is 65.3. The zero-order valence-electron chi connectivity index (χ0n) is 17.0. The summed E-state index contributed by atoms with van der Waals surface area (Å²) in [5, 5.41) is 0. The molecule has 33 heavy (non-hydrogen) atoms. The van der Waals surface area contributed by atoms with Gasteiger partial charge in [0, 0.05) is 11.6 Å². The summed E-state index contributed by atoms with van der Waals surface area (Å²) in [5.74, 6) is -4.51. The first kappa shape index (κ1) is 21.9. The van der Waals surface area contributed by atoms with Crippen LogP contribution in [0.15, 0.2) is 78.9 Å². The molecule has 0 spiro atoms. The standard InChI is InChI=1S/C26H15F4NO2/c1-31-19-6-2-16(3-7-19)17-4-8-20(9-5-17)32-15-33-21-10-11-22(23(27)14-21)18-12-24(28)26(30)25(29)13-18/h2-14H,15H2. The van der Waals surface area contributed by atoms with Crippen LogP contribution in [0.3, 0.4) is 0 Å². The Hall–Kier alpha value is -4.31. The van der Waals surface area contributed by atoms with E-state index >= 15 is 0 Å². The molecule has 4 rings (SSSR count). The van der Waals surface area contributed by atoms with Gasteiger partial charge in [-0.3, -0.25) is 0 Å². The van der Waals surface area contributed by atoms with Crippen molar-refractivity contribution in [3.63, 3.8) is 0 Å². The van der Waals surface area contributed by atoms with Crippen LogP contribution in [0, 0.1) is 29.8 Å². The lowest BCUT2D eigenvalue weighted by Gasteiger charge is -2.11. The molecule has 164 valence electrons. The molecule has 0 amide bonds. The highest BCUT2D eigenvalue weighted by Gasteiger charge is 2.14. The molecule has 0 heterocycles. The zero-order chi connectivity index (χ0) is 23.4. The highest BCUT2D eigenvalue weighted by Crippen LogP contribution is 2.29.